The molecule has 0 spiro atoms. The van der Waals surface area contributed by atoms with E-state index in [1.807, 2.05) is 0 Å². The number of hydrogen-bond acceptors (Lipinski definition) is 3. The predicted octanol–water partition coefficient (Wildman–Crippen LogP) is 1.36. The number of carbonyl (C=O) groups excluding carboxylic acids is 2. The number of amides is 1. The van der Waals surface area contributed by atoms with Gasteiger partial charge in [0, 0.05) is 17.2 Å². The molecule has 1 amide bonds. The summed E-state index contributed by atoms with van der Waals surface area (Å²) in [6, 6.07) is 6.30. The number of hydrogen-bond donors (Lipinski definition) is 1. The molecule has 2 unspecified atom stereocenters. The maximum absolute atomic E-state index is 12.2. The Morgan fingerprint density at radius 2 is 1.79 bits per heavy atom. The van der Waals surface area contributed by atoms with E-state index in [1.165, 1.54) is 18.6 Å². The maximum Gasteiger partial charge on any atom is 0.252 e. The Morgan fingerprint density at radius 3 is 2.42 bits per heavy atom. The molecule has 4 nitrogen and oxygen atoms in total. The lowest BCUT2D eigenvalue weighted by molar-refractivity contribution is -0.255. The van der Waals surface area contributed by atoms with E-state index in [0.29, 0.717) is 5.92 Å². The lowest BCUT2D eigenvalue weighted by Crippen LogP contribution is -2.41. The van der Waals surface area contributed by atoms with Crippen molar-refractivity contribution in [2.24, 2.45) is 5.92 Å². The van der Waals surface area contributed by atoms with Crippen molar-refractivity contribution in [2.45, 2.75) is 38.6 Å². The van der Waals surface area contributed by atoms with Crippen molar-refractivity contribution in [3.05, 3.63) is 35.4 Å². The fraction of sp³-hybridized carbons (Fsp3) is 0.467. The third-order valence-electron chi connectivity index (χ3n) is 3.82. The number of carboxylic acid groups (broad SMARTS) is 1. The zero-order valence-electron chi connectivity index (χ0n) is 11.0. The Hall–Kier alpha value is -1.84. The molecule has 1 aromatic carbocycles. The van der Waals surface area contributed by atoms with Gasteiger partial charge >= 0.3 is 0 Å². The van der Waals surface area contributed by atoms with Gasteiger partial charge in [-0.2, -0.15) is 0 Å². The van der Waals surface area contributed by atoms with E-state index in [0.717, 1.165) is 19.3 Å². The summed E-state index contributed by atoms with van der Waals surface area (Å²) >= 11 is 0. The van der Waals surface area contributed by atoms with Crippen LogP contribution in [0.5, 0.6) is 0 Å². The Bertz CT molecular complexity index is 484. The minimum absolute atomic E-state index is 0.0523. The standard InChI is InChI=1S/C15H19NO3/c1-10-6-2-5-9-13(10)16-14(17)11-7-3-4-8-12(11)15(18)19/h3-4,7-8,10,13H,2,5-6,9H2,1H3,(H,16,17)(H,18,19)/p-1. The first-order valence-electron chi connectivity index (χ1n) is 6.71. The Kier molecular flexibility index (Phi) is 4.20. The van der Waals surface area contributed by atoms with Crippen molar-refractivity contribution >= 4 is 11.9 Å². The smallest absolute Gasteiger partial charge is 0.252 e. The third kappa shape index (κ3) is 3.13. The van der Waals surface area contributed by atoms with Gasteiger partial charge in [0.05, 0.1) is 5.97 Å². The molecule has 0 saturated heterocycles. The van der Waals surface area contributed by atoms with E-state index in [9.17, 15) is 14.7 Å². The predicted molar refractivity (Wildman–Crippen MR) is 69.7 cm³/mol. The van der Waals surface area contributed by atoms with E-state index < -0.39 is 5.97 Å². The lowest BCUT2D eigenvalue weighted by atomic mass is 9.86. The second kappa shape index (κ2) is 5.87. The molecule has 0 radical (unpaired) electrons. The van der Waals surface area contributed by atoms with Crippen LogP contribution < -0.4 is 10.4 Å². The molecule has 2 atom stereocenters. The van der Waals surface area contributed by atoms with Crippen LogP contribution in [0.4, 0.5) is 0 Å². The SMILES string of the molecule is CC1CCCCC1NC(=O)c1ccccc1C(=O)[O-]. The first-order chi connectivity index (χ1) is 9.09. The van der Waals surface area contributed by atoms with Crippen molar-refractivity contribution in [3.63, 3.8) is 0 Å². The molecule has 19 heavy (non-hydrogen) atoms. The third-order valence-corrected chi connectivity index (χ3v) is 3.82. The fourth-order valence-corrected chi connectivity index (χ4v) is 2.64. The van der Waals surface area contributed by atoms with E-state index in [1.54, 1.807) is 12.1 Å². The topological polar surface area (TPSA) is 69.2 Å². The molecule has 0 heterocycles. The number of nitrogens with one attached hydrogen (secondary N) is 1. The molecule has 1 aliphatic carbocycles. The maximum atomic E-state index is 12.2. The van der Waals surface area contributed by atoms with Gasteiger partial charge in [0.1, 0.15) is 0 Å². The largest absolute Gasteiger partial charge is 0.545 e. The van der Waals surface area contributed by atoms with Crippen LogP contribution in [-0.2, 0) is 0 Å². The lowest BCUT2D eigenvalue weighted by Gasteiger charge is -2.29. The van der Waals surface area contributed by atoms with Crippen LogP contribution in [0, 0.1) is 5.92 Å². The minimum Gasteiger partial charge on any atom is -0.545 e. The molecule has 2 rings (SSSR count). The molecule has 1 aromatic rings. The quantitative estimate of drug-likeness (QED) is 0.892. The zero-order valence-corrected chi connectivity index (χ0v) is 11.0. The van der Waals surface area contributed by atoms with Crippen LogP contribution in [0.2, 0.25) is 0 Å². The highest BCUT2D eigenvalue weighted by atomic mass is 16.4. The van der Waals surface area contributed by atoms with Gasteiger partial charge in [0.2, 0.25) is 0 Å². The van der Waals surface area contributed by atoms with Gasteiger partial charge in [-0.25, -0.2) is 0 Å². The van der Waals surface area contributed by atoms with Crippen LogP contribution in [0.25, 0.3) is 0 Å². The molecule has 0 aliphatic heterocycles. The van der Waals surface area contributed by atoms with Crippen LogP contribution in [-0.4, -0.2) is 17.9 Å². The monoisotopic (exact) mass is 260 g/mol. The average molecular weight is 260 g/mol. The molecule has 0 bridgehead atoms. The van der Waals surface area contributed by atoms with E-state index in [-0.39, 0.29) is 23.1 Å². The fourth-order valence-electron chi connectivity index (χ4n) is 2.64. The van der Waals surface area contributed by atoms with Gasteiger partial charge in [-0.05, 0) is 24.8 Å². The second-order valence-corrected chi connectivity index (χ2v) is 5.17. The van der Waals surface area contributed by atoms with Gasteiger partial charge in [0.15, 0.2) is 0 Å². The van der Waals surface area contributed by atoms with Gasteiger partial charge in [-0.3, -0.25) is 4.79 Å². The van der Waals surface area contributed by atoms with E-state index in [4.69, 9.17) is 0 Å². The number of benzene rings is 1. The molecular formula is C15H18NO3-. The zero-order chi connectivity index (χ0) is 13.8. The van der Waals surface area contributed by atoms with E-state index >= 15 is 0 Å². The molecular weight excluding hydrogens is 242 g/mol. The van der Waals surface area contributed by atoms with Crippen LogP contribution in [0.15, 0.2) is 24.3 Å². The summed E-state index contributed by atoms with van der Waals surface area (Å²) in [7, 11) is 0. The van der Waals surface area contributed by atoms with Crippen LogP contribution in [0.3, 0.4) is 0 Å². The van der Waals surface area contributed by atoms with Gasteiger partial charge in [0.25, 0.3) is 5.91 Å². The first kappa shape index (κ1) is 13.6. The minimum atomic E-state index is -1.32. The van der Waals surface area contributed by atoms with E-state index in [2.05, 4.69) is 12.2 Å². The number of carbonyl (C=O) groups is 2. The van der Waals surface area contributed by atoms with Crippen LogP contribution in [0.1, 0.15) is 53.3 Å². The van der Waals surface area contributed by atoms with Gasteiger partial charge < -0.3 is 15.2 Å². The second-order valence-electron chi connectivity index (χ2n) is 5.17. The van der Waals surface area contributed by atoms with Gasteiger partial charge in [-0.1, -0.05) is 38.0 Å². The van der Waals surface area contributed by atoms with Gasteiger partial charge in [-0.15, -0.1) is 0 Å². The molecule has 102 valence electrons. The molecule has 1 saturated carbocycles. The van der Waals surface area contributed by atoms with Crippen LogP contribution >= 0.6 is 0 Å². The summed E-state index contributed by atoms with van der Waals surface area (Å²) in [5.74, 6) is -1.20. The van der Waals surface area contributed by atoms with Crippen molar-refractivity contribution in [1.29, 1.82) is 0 Å². The first-order valence-corrected chi connectivity index (χ1v) is 6.71. The molecule has 0 aromatic heterocycles. The summed E-state index contributed by atoms with van der Waals surface area (Å²) in [6.45, 7) is 2.12. The normalized spacial score (nSPS) is 22.8. The van der Waals surface area contributed by atoms with Crippen molar-refractivity contribution in [3.8, 4) is 0 Å². The Morgan fingerprint density at radius 1 is 1.16 bits per heavy atom. The average Bonchev–Trinajstić information content (AvgIpc) is 2.41. The Balaban J connectivity index is 2.13. The number of rotatable bonds is 3. The molecule has 1 fully saturated rings. The summed E-state index contributed by atoms with van der Waals surface area (Å²) < 4.78 is 0. The highest BCUT2D eigenvalue weighted by molar-refractivity contribution is 6.04. The summed E-state index contributed by atoms with van der Waals surface area (Å²) in [5, 5.41) is 13.9. The number of aromatic carboxylic acids is 1. The van der Waals surface area contributed by atoms with Crippen molar-refractivity contribution in [2.75, 3.05) is 0 Å². The Labute approximate surface area is 112 Å². The summed E-state index contributed by atoms with van der Waals surface area (Å²) in [4.78, 5) is 23.2. The summed E-state index contributed by atoms with van der Waals surface area (Å²) in [6.07, 6.45) is 4.37. The highest BCUT2D eigenvalue weighted by Gasteiger charge is 2.24. The van der Waals surface area contributed by atoms with Crippen molar-refractivity contribution < 1.29 is 14.7 Å². The molecule has 1 aliphatic rings. The number of carboxylic acids is 1. The molecule has 4 heteroatoms. The highest BCUT2D eigenvalue weighted by Crippen LogP contribution is 2.24. The van der Waals surface area contributed by atoms with Crippen molar-refractivity contribution in [1.82, 2.24) is 5.32 Å². The molecule has 1 N–H and O–H groups in total. The summed E-state index contributed by atoms with van der Waals surface area (Å²) in [5.41, 5.74) is 0.128.